The van der Waals surface area contributed by atoms with Crippen molar-refractivity contribution in [2.45, 2.75) is 13.0 Å². The number of carboxylic acid groups (broad SMARTS) is 1. The first-order chi connectivity index (χ1) is 10.1. The summed E-state index contributed by atoms with van der Waals surface area (Å²) in [6.07, 6.45) is 0.615. The topological polar surface area (TPSA) is 75.1 Å². The van der Waals surface area contributed by atoms with Gasteiger partial charge in [0.2, 0.25) is 0 Å². The zero-order valence-corrected chi connectivity index (χ0v) is 11.6. The van der Waals surface area contributed by atoms with Gasteiger partial charge in [0.1, 0.15) is 5.82 Å². The third-order valence-electron chi connectivity index (χ3n) is 3.31. The second-order valence-electron chi connectivity index (χ2n) is 4.68. The van der Waals surface area contributed by atoms with Crippen molar-refractivity contribution in [1.29, 1.82) is 0 Å². The number of aromatic nitrogens is 2. The first-order valence-electron chi connectivity index (χ1n) is 6.35. The van der Waals surface area contributed by atoms with E-state index in [0.717, 1.165) is 12.6 Å². The molecule has 0 atom stereocenters. The van der Waals surface area contributed by atoms with E-state index in [1.54, 1.807) is 0 Å². The summed E-state index contributed by atoms with van der Waals surface area (Å²) >= 11 is 6.00. The Kier molecular flexibility index (Phi) is 3.57. The summed E-state index contributed by atoms with van der Waals surface area (Å²) in [5, 5.41) is 12.6. The average Bonchev–Trinajstić information content (AvgIpc) is 2.46. The molecule has 1 aliphatic rings. The van der Waals surface area contributed by atoms with Crippen molar-refractivity contribution in [3.8, 4) is 11.4 Å². The van der Waals surface area contributed by atoms with E-state index in [-0.39, 0.29) is 16.5 Å². The van der Waals surface area contributed by atoms with Gasteiger partial charge in [0.25, 0.3) is 0 Å². The maximum atomic E-state index is 13.1. The quantitative estimate of drug-likeness (QED) is 0.890. The van der Waals surface area contributed by atoms with Crippen LogP contribution in [0.25, 0.3) is 11.4 Å². The van der Waals surface area contributed by atoms with Gasteiger partial charge >= 0.3 is 5.97 Å². The van der Waals surface area contributed by atoms with Gasteiger partial charge < -0.3 is 10.4 Å². The maximum absolute atomic E-state index is 13.1. The number of hydrogen-bond acceptors (Lipinski definition) is 4. The Labute approximate surface area is 124 Å². The lowest BCUT2D eigenvalue weighted by Gasteiger charge is -2.18. The van der Waals surface area contributed by atoms with Crippen molar-refractivity contribution in [2.24, 2.45) is 0 Å². The van der Waals surface area contributed by atoms with Crippen molar-refractivity contribution in [3.05, 3.63) is 46.0 Å². The molecule has 3 rings (SSSR count). The van der Waals surface area contributed by atoms with Crippen LogP contribution in [0.15, 0.2) is 18.2 Å². The predicted octanol–water partition coefficient (Wildman–Crippen LogP) is 2.28. The Bertz CT molecular complexity index is 736. The van der Waals surface area contributed by atoms with Gasteiger partial charge in [-0.25, -0.2) is 19.2 Å². The predicted molar refractivity (Wildman–Crippen MR) is 74.8 cm³/mol. The first-order valence-corrected chi connectivity index (χ1v) is 6.73. The normalized spacial score (nSPS) is 13.8. The third kappa shape index (κ3) is 2.59. The van der Waals surface area contributed by atoms with E-state index in [9.17, 15) is 14.3 Å². The SMILES string of the molecule is O=C(O)c1nc(-c2ccc(F)cc2Cl)nc2c1CNCC2. The van der Waals surface area contributed by atoms with Crippen LogP contribution in [0.5, 0.6) is 0 Å². The van der Waals surface area contributed by atoms with E-state index in [1.165, 1.54) is 12.1 Å². The summed E-state index contributed by atoms with van der Waals surface area (Å²) in [5.74, 6) is -1.38. The molecule has 0 spiro atoms. The van der Waals surface area contributed by atoms with Crippen molar-refractivity contribution in [1.82, 2.24) is 15.3 Å². The number of hydrogen-bond donors (Lipinski definition) is 2. The fraction of sp³-hybridized carbons (Fsp3) is 0.214. The zero-order chi connectivity index (χ0) is 15.0. The molecule has 108 valence electrons. The highest BCUT2D eigenvalue weighted by atomic mass is 35.5. The van der Waals surface area contributed by atoms with Gasteiger partial charge in [0.15, 0.2) is 11.5 Å². The van der Waals surface area contributed by atoms with Crippen LogP contribution in [-0.2, 0) is 13.0 Å². The van der Waals surface area contributed by atoms with Gasteiger partial charge in [-0.1, -0.05) is 11.6 Å². The van der Waals surface area contributed by atoms with Crippen molar-refractivity contribution in [2.75, 3.05) is 6.54 Å². The van der Waals surface area contributed by atoms with Crippen LogP contribution in [-0.4, -0.2) is 27.6 Å². The second kappa shape index (κ2) is 5.38. The molecule has 7 heteroatoms. The Morgan fingerprint density at radius 2 is 2.19 bits per heavy atom. The summed E-state index contributed by atoms with van der Waals surface area (Å²) < 4.78 is 13.1. The van der Waals surface area contributed by atoms with Gasteiger partial charge in [0.05, 0.1) is 10.7 Å². The van der Waals surface area contributed by atoms with Crippen LogP contribution in [0, 0.1) is 5.82 Å². The number of halogens is 2. The Hall–Kier alpha value is -2.05. The standard InChI is InChI=1S/C14H11ClFN3O2/c15-10-5-7(16)1-2-8(10)13-18-11-3-4-17-6-9(11)12(19-13)14(20)21/h1-2,5,17H,3-4,6H2,(H,20,21). The van der Waals surface area contributed by atoms with Gasteiger partial charge in [-0.3, -0.25) is 0 Å². The van der Waals surface area contributed by atoms with Crippen molar-refractivity contribution >= 4 is 17.6 Å². The van der Waals surface area contributed by atoms with E-state index in [1.807, 2.05) is 0 Å². The lowest BCUT2D eigenvalue weighted by atomic mass is 10.0. The summed E-state index contributed by atoms with van der Waals surface area (Å²) in [6.45, 7) is 1.15. The highest BCUT2D eigenvalue weighted by Gasteiger charge is 2.22. The molecule has 2 heterocycles. The minimum atomic E-state index is -1.11. The van der Waals surface area contributed by atoms with Crippen LogP contribution in [0.2, 0.25) is 5.02 Å². The smallest absolute Gasteiger partial charge is 0.354 e. The molecule has 2 aromatic rings. The van der Waals surface area contributed by atoms with E-state index in [4.69, 9.17) is 11.6 Å². The van der Waals surface area contributed by atoms with E-state index >= 15 is 0 Å². The molecule has 0 saturated carbocycles. The first kappa shape index (κ1) is 13.9. The number of nitrogens with zero attached hydrogens (tertiary/aromatic N) is 2. The lowest BCUT2D eigenvalue weighted by Crippen LogP contribution is -2.28. The van der Waals surface area contributed by atoms with E-state index < -0.39 is 11.8 Å². The van der Waals surface area contributed by atoms with E-state index in [0.29, 0.717) is 29.8 Å². The average molecular weight is 308 g/mol. The van der Waals surface area contributed by atoms with Gasteiger partial charge in [-0.15, -0.1) is 0 Å². The Balaban J connectivity index is 2.19. The van der Waals surface area contributed by atoms with E-state index in [2.05, 4.69) is 15.3 Å². The molecular weight excluding hydrogens is 297 g/mol. The summed E-state index contributed by atoms with van der Waals surface area (Å²) in [4.78, 5) is 19.9. The summed E-state index contributed by atoms with van der Waals surface area (Å²) in [5.41, 5.74) is 1.66. The molecule has 21 heavy (non-hydrogen) atoms. The van der Waals surface area contributed by atoms with Gasteiger partial charge in [0, 0.05) is 30.6 Å². The van der Waals surface area contributed by atoms with Crippen LogP contribution < -0.4 is 5.32 Å². The largest absolute Gasteiger partial charge is 0.476 e. The molecule has 2 N–H and O–H groups in total. The van der Waals surface area contributed by atoms with Crippen LogP contribution in [0.3, 0.4) is 0 Å². The van der Waals surface area contributed by atoms with Gasteiger partial charge in [-0.2, -0.15) is 0 Å². The molecule has 0 saturated heterocycles. The van der Waals surface area contributed by atoms with Crippen LogP contribution in [0.4, 0.5) is 4.39 Å². The van der Waals surface area contributed by atoms with Crippen LogP contribution >= 0.6 is 11.6 Å². The zero-order valence-electron chi connectivity index (χ0n) is 10.9. The molecule has 0 radical (unpaired) electrons. The fourth-order valence-electron chi connectivity index (χ4n) is 2.31. The molecular formula is C14H11ClFN3O2. The molecule has 5 nitrogen and oxygen atoms in total. The molecule has 1 aliphatic heterocycles. The minimum Gasteiger partial charge on any atom is -0.476 e. The molecule has 0 bridgehead atoms. The number of nitrogens with one attached hydrogen (secondary N) is 1. The molecule has 1 aromatic carbocycles. The fourth-order valence-corrected chi connectivity index (χ4v) is 2.56. The second-order valence-corrected chi connectivity index (χ2v) is 5.08. The summed E-state index contributed by atoms with van der Waals surface area (Å²) in [6, 6.07) is 3.85. The maximum Gasteiger partial charge on any atom is 0.354 e. The molecule has 0 unspecified atom stereocenters. The van der Waals surface area contributed by atoms with Crippen molar-refractivity contribution < 1.29 is 14.3 Å². The van der Waals surface area contributed by atoms with Crippen LogP contribution in [0.1, 0.15) is 21.7 Å². The lowest BCUT2D eigenvalue weighted by molar-refractivity contribution is 0.0688. The molecule has 0 aliphatic carbocycles. The highest BCUT2D eigenvalue weighted by Crippen LogP contribution is 2.28. The number of fused-ring (bicyclic) bond motifs is 1. The number of rotatable bonds is 2. The molecule has 0 fully saturated rings. The Morgan fingerprint density at radius 3 is 2.90 bits per heavy atom. The number of aromatic carboxylic acids is 1. The number of carboxylic acids is 1. The summed E-state index contributed by atoms with van der Waals surface area (Å²) in [7, 11) is 0. The van der Waals surface area contributed by atoms with Crippen molar-refractivity contribution in [3.63, 3.8) is 0 Å². The third-order valence-corrected chi connectivity index (χ3v) is 3.62. The molecule has 0 amide bonds. The molecule has 1 aromatic heterocycles. The number of carbonyl (C=O) groups is 1. The Morgan fingerprint density at radius 1 is 1.38 bits per heavy atom. The minimum absolute atomic E-state index is 0.0393. The number of benzene rings is 1. The highest BCUT2D eigenvalue weighted by molar-refractivity contribution is 6.33. The van der Waals surface area contributed by atoms with Gasteiger partial charge in [-0.05, 0) is 18.2 Å². The monoisotopic (exact) mass is 307 g/mol.